The van der Waals surface area contributed by atoms with Gasteiger partial charge in [-0.3, -0.25) is 0 Å². The number of nitrogens with two attached hydrogens (primary N) is 1. The number of aromatic amines is 1. The van der Waals surface area contributed by atoms with Gasteiger partial charge in [0.25, 0.3) is 0 Å². The summed E-state index contributed by atoms with van der Waals surface area (Å²) in [7, 11) is 1.57. The molecular formula is C21H30F3N5O3. The fraction of sp³-hybridized carbons (Fsp3) is 0.619. The van der Waals surface area contributed by atoms with E-state index in [0.717, 1.165) is 19.4 Å². The predicted molar refractivity (Wildman–Crippen MR) is 113 cm³/mol. The first-order chi connectivity index (χ1) is 14.7. The van der Waals surface area contributed by atoms with Crippen LogP contribution in [0.5, 0.6) is 0 Å². The number of hydrogen-bond donors (Lipinski definition) is 3. The number of halogens is 3. The molecule has 32 heavy (non-hydrogen) atoms. The molecule has 1 saturated heterocycles. The summed E-state index contributed by atoms with van der Waals surface area (Å²) in [6.07, 6.45) is -4.51. The molecule has 8 nitrogen and oxygen atoms in total. The summed E-state index contributed by atoms with van der Waals surface area (Å²) in [6, 6.07) is 4.12. The zero-order valence-electron chi connectivity index (χ0n) is 18.8. The molecule has 0 bridgehead atoms. The lowest BCUT2D eigenvalue weighted by Gasteiger charge is -2.28. The van der Waals surface area contributed by atoms with E-state index in [-0.39, 0.29) is 24.2 Å². The Bertz CT molecular complexity index is 973. The lowest BCUT2D eigenvalue weighted by molar-refractivity contribution is -0.264. The van der Waals surface area contributed by atoms with Crippen molar-refractivity contribution in [1.82, 2.24) is 20.2 Å². The molecule has 0 radical (unpaired) electrons. The van der Waals surface area contributed by atoms with Gasteiger partial charge in [-0.1, -0.05) is 6.07 Å². The van der Waals surface area contributed by atoms with Gasteiger partial charge in [-0.25, -0.2) is 9.78 Å². The maximum atomic E-state index is 13.0. The van der Waals surface area contributed by atoms with E-state index in [9.17, 15) is 18.0 Å². The van der Waals surface area contributed by atoms with Crippen LogP contribution in [0.4, 0.5) is 18.0 Å². The molecule has 0 spiro atoms. The van der Waals surface area contributed by atoms with Crippen LogP contribution < -0.4 is 11.1 Å². The van der Waals surface area contributed by atoms with Gasteiger partial charge in [0.15, 0.2) is 5.60 Å². The van der Waals surface area contributed by atoms with Crippen molar-refractivity contribution in [3.8, 4) is 0 Å². The van der Waals surface area contributed by atoms with Crippen molar-refractivity contribution < 1.29 is 27.4 Å². The van der Waals surface area contributed by atoms with Crippen LogP contribution in [-0.4, -0.2) is 65.1 Å². The van der Waals surface area contributed by atoms with E-state index in [2.05, 4.69) is 15.3 Å². The van der Waals surface area contributed by atoms with Gasteiger partial charge in [-0.05, 0) is 45.4 Å². The average molecular weight is 457 g/mol. The fourth-order valence-electron chi connectivity index (χ4n) is 3.56. The van der Waals surface area contributed by atoms with Crippen LogP contribution >= 0.6 is 0 Å². The summed E-state index contributed by atoms with van der Waals surface area (Å²) in [4.78, 5) is 21.7. The number of nitrogens with zero attached hydrogens (tertiary/aromatic N) is 2. The molecule has 178 valence electrons. The Hall–Kier alpha value is -2.37. The minimum atomic E-state index is -4.51. The van der Waals surface area contributed by atoms with Gasteiger partial charge in [0.2, 0.25) is 0 Å². The minimum Gasteiger partial charge on any atom is -0.382 e. The maximum Gasteiger partial charge on any atom is 0.416 e. The van der Waals surface area contributed by atoms with Crippen molar-refractivity contribution >= 4 is 17.1 Å². The number of benzene rings is 1. The zero-order chi connectivity index (χ0) is 23.9. The van der Waals surface area contributed by atoms with E-state index in [4.69, 9.17) is 15.2 Å². The number of fused-ring (bicyclic) bond motifs is 1. The standard InChI is InChI=1S/C21H30F3N5O3/c1-19(2)11-29(18(30)28-19)16(10-31-5)12-6-7-14-15(8-12)27-17(26-14)13(25)9-32-20(3,4)21(22,23)24/h6-8,13,16H,9-11,25H2,1-5H3,(H,26,27)(H,28,30)/t13-,16?/m0/s1. The quantitative estimate of drug-likeness (QED) is 0.563. The Kier molecular flexibility index (Phi) is 6.47. The summed E-state index contributed by atoms with van der Waals surface area (Å²) < 4.78 is 49.4. The highest BCUT2D eigenvalue weighted by molar-refractivity contribution is 5.79. The second-order valence-corrected chi connectivity index (χ2v) is 9.24. The molecule has 2 heterocycles. The number of alkyl halides is 3. The molecule has 0 aliphatic carbocycles. The third kappa shape index (κ3) is 5.00. The van der Waals surface area contributed by atoms with Crippen LogP contribution in [0.1, 0.15) is 51.2 Å². The van der Waals surface area contributed by atoms with E-state index in [0.29, 0.717) is 30.0 Å². The second-order valence-electron chi connectivity index (χ2n) is 9.24. The molecule has 1 aromatic heterocycles. The van der Waals surface area contributed by atoms with Gasteiger partial charge in [-0.15, -0.1) is 0 Å². The molecule has 1 aliphatic heterocycles. The van der Waals surface area contributed by atoms with Crippen molar-refractivity contribution in [1.29, 1.82) is 0 Å². The number of aromatic nitrogens is 2. The Morgan fingerprint density at radius 1 is 1.28 bits per heavy atom. The van der Waals surface area contributed by atoms with Gasteiger partial charge in [0, 0.05) is 13.7 Å². The van der Waals surface area contributed by atoms with Crippen LogP contribution in [0.2, 0.25) is 0 Å². The van der Waals surface area contributed by atoms with Crippen LogP contribution in [-0.2, 0) is 9.47 Å². The molecule has 2 aromatic rings. The number of nitrogens with one attached hydrogen (secondary N) is 2. The molecule has 11 heteroatoms. The minimum absolute atomic E-state index is 0.172. The molecule has 0 saturated carbocycles. The number of methoxy groups -OCH3 is 1. The number of ether oxygens (including phenoxy) is 2. The summed E-state index contributed by atoms with van der Waals surface area (Å²) >= 11 is 0. The van der Waals surface area contributed by atoms with Crippen molar-refractivity contribution in [3.05, 3.63) is 29.6 Å². The summed E-state index contributed by atoms with van der Waals surface area (Å²) in [6.45, 7) is 6.27. The Labute approximate surface area is 184 Å². The Morgan fingerprint density at radius 2 is 1.97 bits per heavy atom. The highest BCUT2D eigenvalue weighted by atomic mass is 19.4. The maximum absolute atomic E-state index is 13.0. The molecule has 1 aromatic carbocycles. The first kappa shape index (κ1) is 24.3. The van der Waals surface area contributed by atoms with Gasteiger partial charge in [0.05, 0.1) is 41.9 Å². The van der Waals surface area contributed by atoms with Crippen molar-refractivity contribution in [2.45, 2.75) is 57.1 Å². The normalized spacial score (nSPS) is 18.8. The number of rotatable bonds is 8. The van der Waals surface area contributed by atoms with Gasteiger partial charge in [-0.2, -0.15) is 13.2 Å². The number of carbonyl (C=O) groups is 1. The third-order valence-electron chi connectivity index (χ3n) is 5.54. The lowest BCUT2D eigenvalue weighted by atomic mass is 10.0. The first-order valence-electron chi connectivity index (χ1n) is 10.3. The molecule has 1 unspecified atom stereocenters. The van der Waals surface area contributed by atoms with Crippen LogP contribution in [0.25, 0.3) is 11.0 Å². The smallest absolute Gasteiger partial charge is 0.382 e. The molecule has 4 N–H and O–H groups in total. The largest absolute Gasteiger partial charge is 0.416 e. The SMILES string of the molecule is COCC(c1ccc2nc([C@@H](N)COC(C)(C)C(F)(F)F)[nH]c2c1)N1CC(C)(C)NC1=O. The molecule has 1 aliphatic rings. The average Bonchev–Trinajstić information content (AvgIpc) is 3.22. The number of carbonyl (C=O) groups excluding carboxylic acids is 1. The van der Waals surface area contributed by atoms with E-state index in [1.807, 2.05) is 26.0 Å². The zero-order valence-corrected chi connectivity index (χ0v) is 18.8. The van der Waals surface area contributed by atoms with Crippen LogP contribution in [0.3, 0.4) is 0 Å². The van der Waals surface area contributed by atoms with E-state index < -0.39 is 17.8 Å². The number of imidazole rings is 1. The second kappa shape index (κ2) is 8.53. The van der Waals surface area contributed by atoms with Gasteiger partial charge < -0.3 is 30.4 Å². The number of hydrogen-bond acceptors (Lipinski definition) is 5. The van der Waals surface area contributed by atoms with Crippen LogP contribution in [0, 0.1) is 0 Å². The number of H-pyrrole nitrogens is 1. The predicted octanol–water partition coefficient (Wildman–Crippen LogP) is 3.41. The molecular weight excluding hydrogens is 427 g/mol. The van der Waals surface area contributed by atoms with Crippen molar-refractivity contribution in [2.24, 2.45) is 5.73 Å². The van der Waals surface area contributed by atoms with E-state index in [1.165, 1.54) is 0 Å². The summed E-state index contributed by atoms with van der Waals surface area (Å²) in [5.74, 6) is 0.318. The van der Waals surface area contributed by atoms with Crippen molar-refractivity contribution in [3.63, 3.8) is 0 Å². The van der Waals surface area contributed by atoms with Crippen molar-refractivity contribution in [2.75, 3.05) is 26.9 Å². The molecule has 2 atom stereocenters. The fourth-order valence-corrected chi connectivity index (χ4v) is 3.56. The summed E-state index contributed by atoms with van der Waals surface area (Å²) in [5.41, 5.74) is 5.46. The highest BCUT2D eigenvalue weighted by Crippen LogP contribution is 2.34. The summed E-state index contributed by atoms with van der Waals surface area (Å²) in [5, 5.41) is 2.95. The monoisotopic (exact) mass is 457 g/mol. The van der Waals surface area contributed by atoms with Gasteiger partial charge >= 0.3 is 12.2 Å². The third-order valence-corrected chi connectivity index (χ3v) is 5.54. The highest BCUT2D eigenvalue weighted by Gasteiger charge is 2.48. The number of urea groups is 1. The first-order valence-corrected chi connectivity index (χ1v) is 10.3. The number of amides is 2. The Balaban J connectivity index is 1.81. The van der Waals surface area contributed by atoms with Gasteiger partial charge in [0.1, 0.15) is 5.82 Å². The molecule has 3 rings (SSSR count). The lowest BCUT2D eigenvalue weighted by Crippen LogP contribution is -2.43. The Morgan fingerprint density at radius 3 is 2.53 bits per heavy atom. The van der Waals surface area contributed by atoms with Crippen LogP contribution in [0.15, 0.2) is 18.2 Å². The topological polar surface area (TPSA) is 106 Å². The van der Waals surface area contributed by atoms with E-state index in [1.54, 1.807) is 18.1 Å². The molecule has 1 fully saturated rings. The van der Waals surface area contributed by atoms with E-state index >= 15 is 0 Å². The molecule has 2 amide bonds.